The quantitative estimate of drug-likeness (QED) is 0.558. The number of hydrogen-bond donors (Lipinski definition) is 0. The van der Waals surface area contributed by atoms with Crippen LogP contribution in [0.5, 0.6) is 0 Å². The van der Waals surface area contributed by atoms with Crippen molar-refractivity contribution in [3.63, 3.8) is 0 Å². The van der Waals surface area contributed by atoms with Gasteiger partial charge in [-0.25, -0.2) is 13.6 Å². The first-order chi connectivity index (χ1) is 12.8. The second-order valence-electron chi connectivity index (χ2n) is 6.43. The van der Waals surface area contributed by atoms with Crippen LogP contribution in [-0.2, 0) is 25.5 Å². The number of benzene rings is 1. The standard InChI is InChI=1S/C19H23F2NO5/c1-3-27-18(24)11-17(23)12-6-7-22(19(25)26-2)15(9-12)10-13-8-14(20)4-5-16(13)21/h4-5,8,12,15H,3,6-7,9-11H2,1-2H3/t12-,15-/m0/s1. The fourth-order valence-electron chi connectivity index (χ4n) is 3.35. The predicted octanol–water partition coefficient (Wildman–Crippen LogP) is 2.88. The van der Waals surface area contributed by atoms with Crippen LogP contribution < -0.4 is 0 Å². The Kier molecular flexibility index (Phi) is 7.27. The maximum absolute atomic E-state index is 14.0. The number of carbonyl (C=O) groups excluding carboxylic acids is 3. The summed E-state index contributed by atoms with van der Waals surface area (Å²) in [6, 6.07) is 2.58. The van der Waals surface area contributed by atoms with Crippen LogP contribution in [0, 0.1) is 17.6 Å². The largest absolute Gasteiger partial charge is 0.466 e. The number of ether oxygens (including phenoxy) is 2. The van der Waals surface area contributed by atoms with E-state index in [-0.39, 0.29) is 43.8 Å². The van der Waals surface area contributed by atoms with Crippen molar-refractivity contribution < 1.29 is 32.6 Å². The Balaban J connectivity index is 2.15. The van der Waals surface area contributed by atoms with E-state index in [0.29, 0.717) is 6.42 Å². The van der Waals surface area contributed by atoms with Gasteiger partial charge in [-0.3, -0.25) is 9.59 Å². The maximum Gasteiger partial charge on any atom is 0.409 e. The van der Waals surface area contributed by atoms with Crippen molar-refractivity contribution in [2.75, 3.05) is 20.3 Å². The zero-order valence-corrected chi connectivity index (χ0v) is 15.4. The zero-order valence-electron chi connectivity index (χ0n) is 15.4. The summed E-state index contributed by atoms with van der Waals surface area (Å²) >= 11 is 0. The molecule has 27 heavy (non-hydrogen) atoms. The van der Waals surface area contributed by atoms with Crippen LogP contribution in [0.25, 0.3) is 0 Å². The van der Waals surface area contributed by atoms with E-state index >= 15 is 0 Å². The molecular formula is C19H23F2NO5. The maximum atomic E-state index is 14.0. The lowest BCUT2D eigenvalue weighted by Gasteiger charge is -2.38. The van der Waals surface area contributed by atoms with Crippen LogP contribution >= 0.6 is 0 Å². The number of amides is 1. The Bertz CT molecular complexity index is 709. The molecule has 0 radical (unpaired) electrons. The Hall–Kier alpha value is -2.51. The van der Waals surface area contributed by atoms with E-state index in [2.05, 4.69) is 0 Å². The Morgan fingerprint density at radius 2 is 2.00 bits per heavy atom. The average Bonchev–Trinajstić information content (AvgIpc) is 2.64. The van der Waals surface area contributed by atoms with E-state index in [9.17, 15) is 23.2 Å². The van der Waals surface area contributed by atoms with E-state index < -0.39 is 35.7 Å². The number of rotatable bonds is 6. The minimum absolute atomic E-state index is 0.0435. The SMILES string of the molecule is CCOC(=O)CC(=O)[C@H]1CCN(C(=O)OC)[C@H](Cc2cc(F)ccc2F)C1. The first kappa shape index (κ1) is 20.8. The van der Waals surface area contributed by atoms with E-state index in [4.69, 9.17) is 9.47 Å². The molecule has 1 fully saturated rings. The van der Waals surface area contributed by atoms with Crippen molar-refractivity contribution >= 4 is 17.8 Å². The molecule has 0 N–H and O–H groups in total. The molecule has 1 aromatic carbocycles. The Labute approximate surface area is 156 Å². The van der Waals surface area contributed by atoms with Crippen molar-refractivity contribution in [1.29, 1.82) is 0 Å². The van der Waals surface area contributed by atoms with Crippen LogP contribution in [0.2, 0.25) is 0 Å². The van der Waals surface area contributed by atoms with Gasteiger partial charge in [0.25, 0.3) is 0 Å². The number of piperidine rings is 1. The number of hydrogen-bond acceptors (Lipinski definition) is 5. The fraction of sp³-hybridized carbons (Fsp3) is 0.526. The molecule has 1 heterocycles. The average molecular weight is 383 g/mol. The third-order valence-corrected chi connectivity index (χ3v) is 4.67. The molecule has 1 saturated heterocycles. The molecule has 1 aromatic rings. The van der Waals surface area contributed by atoms with Crippen LogP contribution in [0.3, 0.4) is 0 Å². The zero-order chi connectivity index (χ0) is 20.0. The van der Waals surface area contributed by atoms with Gasteiger partial charge in [-0.05, 0) is 49.9 Å². The first-order valence-corrected chi connectivity index (χ1v) is 8.82. The van der Waals surface area contributed by atoms with Crippen LogP contribution in [0.15, 0.2) is 18.2 Å². The molecule has 1 aliphatic rings. The van der Waals surface area contributed by atoms with Gasteiger partial charge in [-0.1, -0.05) is 0 Å². The van der Waals surface area contributed by atoms with Crippen molar-refractivity contribution in [1.82, 2.24) is 4.90 Å². The summed E-state index contributed by atoms with van der Waals surface area (Å²) in [5.74, 6) is -2.49. The molecule has 0 saturated carbocycles. The molecule has 2 atom stereocenters. The molecule has 6 nitrogen and oxygen atoms in total. The van der Waals surface area contributed by atoms with Crippen molar-refractivity contribution in [3.8, 4) is 0 Å². The monoisotopic (exact) mass is 383 g/mol. The minimum atomic E-state index is -0.592. The molecule has 148 valence electrons. The highest BCUT2D eigenvalue weighted by Gasteiger charge is 2.36. The van der Waals surface area contributed by atoms with Gasteiger partial charge in [0, 0.05) is 18.5 Å². The molecule has 0 unspecified atom stereocenters. The lowest BCUT2D eigenvalue weighted by Crippen LogP contribution is -2.48. The number of halogens is 2. The normalized spacial score (nSPS) is 19.5. The summed E-state index contributed by atoms with van der Waals surface area (Å²) in [4.78, 5) is 37.4. The van der Waals surface area contributed by atoms with E-state index in [1.165, 1.54) is 12.0 Å². The molecule has 8 heteroatoms. The number of ketones is 1. The van der Waals surface area contributed by atoms with Gasteiger partial charge >= 0.3 is 12.1 Å². The smallest absolute Gasteiger partial charge is 0.409 e. The number of carbonyl (C=O) groups is 3. The summed E-state index contributed by atoms with van der Waals surface area (Å²) in [6.45, 7) is 2.07. The van der Waals surface area contributed by atoms with Crippen LogP contribution in [-0.4, -0.2) is 49.0 Å². The molecule has 2 rings (SSSR count). The van der Waals surface area contributed by atoms with Crippen molar-refractivity contribution in [2.24, 2.45) is 5.92 Å². The number of esters is 1. The van der Waals surface area contributed by atoms with Crippen LogP contribution in [0.4, 0.5) is 13.6 Å². The fourth-order valence-corrected chi connectivity index (χ4v) is 3.35. The number of likely N-dealkylation sites (tertiary alicyclic amines) is 1. The molecule has 0 bridgehead atoms. The molecule has 0 aliphatic carbocycles. The van der Waals surface area contributed by atoms with Gasteiger partial charge < -0.3 is 14.4 Å². The molecule has 1 amide bonds. The second-order valence-corrected chi connectivity index (χ2v) is 6.43. The molecule has 0 aromatic heterocycles. The predicted molar refractivity (Wildman–Crippen MR) is 91.9 cm³/mol. The second kappa shape index (κ2) is 9.43. The number of methoxy groups -OCH3 is 1. The topological polar surface area (TPSA) is 72.9 Å². The van der Waals surface area contributed by atoms with Gasteiger partial charge in [0.1, 0.15) is 23.8 Å². The van der Waals surface area contributed by atoms with E-state index in [1.54, 1.807) is 6.92 Å². The highest BCUT2D eigenvalue weighted by Crippen LogP contribution is 2.28. The third-order valence-electron chi connectivity index (χ3n) is 4.67. The molecule has 1 aliphatic heterocycles. The summed E-state index contributed by atoms with van der Waals surface area (Å²) < 4.78 is 37.0. The van der Waals surface area contributed by atoms with Gasteiger partial charge in [-0.2, -0.15) is 0 Å². The molecular weight excluding hydrogens is 360 g/mol. The van der Waals surface area contributed by atoms with E-state index in [1.807, 2.05) is 0 Å². The van der Waals surface area contributed by atoms with Crippen LogP contribution in [0.1, 0.15) is 31.7 Å². The summed E-state index contributed by atoms with van der Waals surface area (Å²) in [6.07, 6.45) is -0.272. The molecule has 0 spiro atoms. The van der Waals surface area contributed by atoms with Gasteiger partial charge in [-0.15, -0.1) is 0 Å². The summed E-state index contributed by atoms with van der Waals surface area (Å²) in [5.41, 5.74) is 0.118. The Morgan fingerprint density at radius 3 is 2.67 bits per heavy atom. The first-order valence-electron chi connectivity index (χ1n) is 8.82. The van der Waals surface area contributed by atoms with Gasteiger partial charge in [0.15, 0.2) is 0 Å². The summed E-state index contributed by atoms with van der Waals surface area (Å²) in [5, 5.41) is 0. The lowest BCUT2D eigenvalue weighted by molar-refractivity contribution is -0.146. The highest BCUT2D eigenvalue weighted by atomic mass is 19.1. The lowest BCUT2D eigenvalue weighted by atomic mass is 9.84. The third kappa shape index (κ3) is 5.48. The summed E-state index contributed by atoms with van der Waals surface area (Å²) in [7, 11) is 1.24. The Morgan fingerprint density at radius 1 is 1.26 bits per heavy atom. The number of Topliss-reactive ketones (excluding diaryl/α,β-unsaturated/α-hetero) is 1. The number of nitrogens with zero attached hydrogens (tertiary/aromatic N) is 1. The van der Waals surface area contributed by atoms with Gasteiger partial charge in [0.2, 0.25) is 0 Å². The van der Waals surface area contributed by atoms with Crippen molar-refractivity contribution in [3.05, 3.63) is 35.4 Å². The van der Waals surface area contributed by atoms with Crippen molar-refractivity contribution in [2.45, 2.75) is 38.6 Å². The minimum Gasteiger partial charge on any atom is -0.466 e. The van der Waals surface area contributed by atoms with E-state index in [0.717, 1.165) is 18.2 Å². The highest BCUT2D eigenvalue weighted by molar-refractivity contribution is 5.96. The van der Waals surface area contributed by atoms with Gasteiger partial charge in [0.05, 0.1) is 13.7 Å².